The molecule has 0 aromatic rings. The largest absolute Gasteiger partial charge is 0.481 e. The number of carbonyl (C=O) groups is 1. The number of hydrogen-bond acceptors (Lipinski definition) is 3. The number of carboxylic acid groups (broad SMARTS) is 1. The first kappa shape index (κ1) is 10.4. The Bertz CT molecular complexity index is 127. The van der Waals surface area contributed by atoms with Crippen molar-refractivity contribution in [2.75, 3.05) is 20.2 Å². The highest BCUT2D eigenvalue weighted by Gasteiger charge is 2.08. The van der Waals surface area contributed by atoms with Crippen LogP contribution in [-0.4, -0.2) is 47.3 Å². The van der Waals surface area contributed by atoms with Crippen LogP contribution in [0, 0.1) is 0 Å². The lowest BCUT2D eigenvalue weighted by atomic mass is 10.3. The van der Waals surface area contributed by atoms with Gasteiger partial charge in [0.2, 0.25) is 0 Å². The lowest BCUT2D eigenvalue weighted by Gasteiger charge is -2.21. The van der Waals surface area contributed by atoms with E-state index in [1.165, 1.54) is 0 Å². The second-order valence-electron chi connectivity index (χ2n) is 2.66. The van der Waals surface area contributed by atoms with Crippen LogP contribution in [0.4, 0.5) is 0 Å². The van der Waals surface area contributed by atoms with E-state index < -0.39 is 5.97 Å². The van der Waals surface area contributed by atoms with Crippen molar-refractivity contribution in [3.63, 3.8) is 0 Å². The highest BCUT2D eigenvalue weighted by Crippen LogP contribution is 1.95. The molecule has 0 aliphatic carbocycles. The fourth-order valence-corrected chi connectivity index (χ4v) is 0.632. The molecule has 0 spiro atoms. The highest BCUT2D eigenvalue weighted by atomic mass is 16.4. The summed E-state index contributed by atoms with van der Waals surface area (Å²) in [5.41, 5.74) is 0. The molecule has 0 bridgehead atoms. The average Bonchev–Trinajstić information content (AvgIpc) is 1.98. The molecular formula is C7H15NO3. The molecule has 1 atom stereocenters. The summed E-state index contributed by atoms with van der Waals surface area (Å²) < 4.78 is 0. The quantitative estimate of drug-likeness (QED) is 0.585. The van der Waals surface area contributed by atoms with E-state index in [0.29, 0.717) is 6.54 Å². The SMILES string of the molecule is CC(CO)N(C)CCC(=O)O. The predicted octanol–water partition coefficient (Wildman–Crippen LogP) is -0.226. The monoisotopic (exact) mass is 161 g/mol. The van der Waals surface area contributed by atoms with E-state index in [1.807, 2.05) is 11.8 Å². The van der Waals surface area contributed by atoms with E-state index in [2.05, 4.69) is 0 Å². The minimum atomic E-state index is -0.804. The molecular weight excluding hydrogens is 146 g/mol. The van der Waals surface area contributed by atoms with Crippen LogP contribution in [0.5, 0.6) is 0 Å². The predicted molar refractivity (Wildman–Crippen MR) is 41.4 cm³/mol. The molecule has 11 heavy (non-hydrogen) atoms. The van der Waals surface area contributed by atoms with Crippen molar-refractivity contribution in [1.82, 2.24) is 4.90 Å². The van der Waals surface area contributed by atoms with Crippen molar-refractivity contribution in [3.8, 4) is 0 Å². The third kappa shape index (κ3) is 4.75. The molecule has 0 aliphatic heterocycles. The molecule has 66 valence electrons. The zero-order valence-corrected chi connectivity index (χ0v) is 6.95. The van der Waals surface area contributed by atoms with Crippen LogP contribution < -0.4 is 0 Å². The van der Waals surface area contributed by atoms with Gasteiger partial charge < -0.3 is 15.1 Å². The smallest absolute Gasteiger partial charge is 0.304 e. The zero-order valence-electron chi connectivity index (χ0n) is 6.95. The first-order valence-electron chi connectivity index (χ1n) is 3.60. The van der Waals surface area contributed by atoms with Crippen molar-refractivity contribution < 1.29 is 15.0 Å². The van der Waals surface area contributed by atoms with Gasteiger partial charge in [0.25, 0.3) is 0 Å². The van der Waals surface area contributed by atoms with Gasteiger partial charge in [-0.15, -0.1) is 0 Å². The summed E-state index contributed by atoms with van der Waals surface area (Å²) >= 11 is 0. The first-order valence-corrected chi connectivity index (χ1v) is 3.60. The van der Waals surface area contributed by atoms with Gasteiger partial charge in [0.05, 0.1) is 13.0 Å². The number of aliphatic carboxylic acids is 1. The van der Waals surface area contributed by atoms with Crippen LogP contribution in [0.2, 0.25) is 0 Å². The van der Waals surface area contributed by atoms with Gasteiger partial charge in [-0.2, -0.15) is 0 Å². The minimum absolute atomic E-state index is 0.0364. The van der Waals surface area contributed by atoms with Crippen LogP contribution in [0.3, 0.4) is 0 Å². The summed E-state index contributed by atoms with van der Waals surface area (Å²) in [6, 6.07) is 0.0364. The topological polar surface area (TPSA) is 60.8 Å². The summed E-state index contributed by atoms with van der Waals surface area (Å²) in [5.74, 6) is -0.804. The van der Waals surface area contributed by atoms with E-state index >= 15 is 0 Å². The van der Waals surface area contributed by atoms with Crippen LogP contribution in [0.15, 0.2) is 0 Å². The lowest BCUT2D eigenvalue weighted by Crippen LogP contribution is -2.33. The standard InChI is InChI=1S/C7H15NO3/c1-6(5-9)8(2)4-3-7(10)11/h6,9H,3-5H2,1-2H3,(H,10,11). The Balaban J connectivity index is 3.51. The molecule has 0 saturated heterocycles. The minimum Gasteiger partial charge on any atom is -0.481 e. The van der Waals surface area contributed by atoms with E-state index in [1.54, 1.807) is 7.05 Å². The molecule has 0 saturated carbocycles. The number of aliphatic hydroxyl groups is 1. The molecule has 0 heterocycles. The Kier molecular flexibility index (Phi) is 4.81. The van der Waals surface area contributed by atoms with Crippen molar-refractivity contribution >= 4 is 5.97 Å². The molecule has 4 nitrogen and oxygen atoms in total. The van der Waals surface area contributed by atoms with Crippen molar-refractivity contribution in [2.45, 2.75) is 19.4 Å². The molecule has 4 heteroatoms. The van der Waals surface area contributed by atoms with Crippen molar-refractivity contribution in [3.05, 3.63) is 0 Å². The van der Waals surface area contributed by atoms with Gasteiger partial charge in [-0.25, -0.2) is 0 Å². The number of carboxylic acids is 1. The number of nitrogens with zero attached hydrogens (tertiary/aromatic N) is 1. The average molecular weight is 161 g/mol. The molecule has 0 rings (SSSR count). The summed E-state index contributed by atoms with van der Waals surface area (Å²) in [7, 11) is 1.80. The third-order valence-corrected chi connectivity index (χ3v) is 1.70. The molecule has 0 aromatic carbocycles. The lowest BCUT2D eigenvalue weighted by molar-refractivity contribution is -0.137. The second kappa shape index (κ2) is 5.09. The van der Waals surface area contributed by atoms with Gasteiger partial charge in [0, 0.05) is 12.6 Å². The molecule has 0 fully saturated rings. The van der Waals surface area contributed by atoms with E-state index in [0.717, 1.165) is 0 Å². The maximum absolute atomic E-state index is 10.1. The van der Waals surface area contributed by atoms with Gasteiger partial charge in [0.15, 0.2) is 0 Å². The van der Waals surface area contributed by atoms with Gasteiger partial charge in [-0.3, -0.25) is 4.79 Å². The fourth-order valence-electron chi connectivity index (χ4n) is 0.632. The van der Waals surface area contributed by atoms with E-state index in [4.69, 9.17) is 10.2 Å². The zero-order chi connectivity index (χ0) is 8.85. The molecule has 1 unspecified atom stereocenters. The maximum Gasteiger partial charge on any atom is 0.304 e. The van der Waals surface area contributed by atoms with E-state index in [9.17, 15) is 4.79 Å². The summed E-state index contributed by atoms with van der Waals surface area (Å²) in [6.45, 7) is 2.40. The third-order valence-electron chi connectivity index (χ3n) is 1.70. The normalized spacial score (nSPS) is 13.5. The van der Waals surface area contributed by atoms with Crippen LogP contribution in [0.25, 0.3) is 0 Å². The Morgan fingerprint density at radius 1 is 1.64 bits per heavy atom. The van der Waals surface area contributed by atoms with E-state index in [-0.39, 0.29) is 19.1 Å². The Morgan fingerprint density at radius 2 is 2.18 bits per heavy atom. The van der Waals surface area contributed by atoms with Crippen molar-refractivity contribution in [1.29, 1.82) is 0 Å². The number of rotatable bonds is 5. The summed E-state index contributed by atoms with van der Waals surface area (Å²) in [6.07, 6.45) is 0.126. The van der Waals surface area contributed by atoms with Gasteiger partial charge >= 0.3 is 5.97 Å². The molecule has 2 N–H and O–H groups in total. The highest BCUT2D eigenvalue weighted by molar-refractivity contribution is 5.66. The van der Waals surface area contributed by atoms with Crippen LogP contribution in [-0.2, 0) is 4.79 Å². The summed E-state index contributed by atoms with van der Waals surface area (Å²) in [5, 5.41) is 17.0. The maximum atomic E-state index is 10.1. The number of hydrogen-bond donors (Lipinski definition) is 2. The number of aliphatic hydroxyl groups excluding tert-OH is 1. The summed E-state index contributed by atoms with van der Waals surface area (Å²) in [4.78, 5) is 11.9. The Labute approximate surface area is 66.4 Å². The fraction of sp³-hybridized carbons (Fsp3) is 0.857. The van der Waals surface area contributed by atoms with Crippen LogP contribution >= 0.6 is 0 Å². The van der Waals surface area contributed by atoms with Crippen LogP contribution in [0.1, 0.15) is 13.3 Å². The van der Waals surface area contributed by atoms with Gasteiger partial charge in [-0.1, -0.05) is 0 Å². The molecule has 0 radical (unpaired) electrons. The van der Waals surface area contributed by atoms with Gasteiger partial charge in [0.1, 0.15) is 0 Å². The number of likely N-dealkylation sites (N-methyl/N-ethyl adjacent to an activating group) is 1. The van der Waals surface area contributed by atoms with Gasteiger partial charge in [-0.05, 0) is 14.0 Å². The molecule has 0 amide bonds. The Hall–Kier alpha value is -0.610. The second-order valence-corrected chi connectivity index (χ2v) is 2.66. The first-order chi connectivity index (χ1) is 5.07. The molecule has 0 aromatic heterocycles. The van der Waals surface area contributed by atoms with Crippen molar-refractivity contribution in [2.24, 2.45) is 0 Å². The molecule has 0 aliphatic rings. The Morgan fingerprint density at radius 3 is 2.55 bits per heavy atom.